The van der Waals surface area contributed by atoms with Crippen LogP contribution in [0.3, 0.4) is 0 Å². The molecule has 4 aromatic carbocycles. The van der Waals surface area contributed by atoms with Crippen molar-refractivity contribution in [1.29, 1.82) is 0 Å². The fourth-order valence-corrected chi connectivity index (χ4v) is 1.71. The molecule has 0 saturated carbocycles. The zero-order valence-electron chi connectivity index (χ0n) is 37.4. The Morgan fingerprint density at radius 1 is 0.407 bits per heavy atom. The minimum atomic E-state index is 0. The van der Waals surface area contributed by atoms with Crippen LogP contribution in [-0.2, 0) is 51.8 Å². The molecule has 0 aliphatic heterocycles. The van der Waals surface area contributed by atoms with E-state index in [-0.39, 0.29) is 47.6 Å². The van der Waals surface area contributed by atoms with Crippen molar-refractivity contribution in [2.45, 2.75) is 89.5 Å². The predicted molar refractivity (Wildman–Crippen MR) is 236 cm³/mol. The van der Waals surface area contributed by atoms with E-state index in [4.69, 9.17) is 30.0 Å². The summed E-state index contributed by atoms with van der Waals surface area (Å²) in [7, 11) is 6.50. The molecule has 0 fully saturated rings. The van der Waals surface area contributed by atoms with Crippen molar-refractivity contribution in [3.63, 3.8) is 0 Å². The summed E-state index contributed by atoms with van der Waals surface area (Å²) < 4.78 is 8.50. The summed E-state index contributed by atoms with van der Waals surface area (Å²) in [5.41, 5.74) is 0. The van der Waals surface area contributed by atoms with Gasteiger partial charge < -0.3 is 54.3 Å². The minimum absolute atomic E-state index is 0. The van der Waals surface area contributed by atoms with Crippen LogP contribution in [0.15, 0.2) is 121 Å². The van der Waals surface area contributed by atoms with Gasteiger partial charge in [0.15, 0.2) is 0 Å². The zero-order valence-corrected chi connectivity index (χ0v) is 40.2. The van der Waals surface area contributed by atoms with E-state index in [9.17, 15) is 0 Å². The predicted octanol–water partition coefficient (Wildman–Crippen LogP) is 12.9. The number of phenolic OH excluding ortho intramolecular Hbond substituents is 4. The maximum absolute atomic E-state index is 8.81. The van der Waals surface area contributed by atoms with Gasteiger partial charge in [-0.15, -0.1) is 0 Å². The second kappa shape index (κ2) is 104. The van der Waals surface area contributed by atoms with Crippen LogP contribution in [0.2, 0.25) is 0 Å². The molecular weight excluding hydrogens is 757 g/mol. The summed E-state index contributed by atoms with van der Waals surface area (Å²) in [6.07, 6.45) is 2.75. The fourth-order valence-electron chi connectivity index (χ4n) is 1.71. The van der Waals surface area contributed by atoms with Crippen LogP contribution < -0.4 is 0 Å². The van der Waals surface area contributed by atoms with Crippen LogP contribution >= 0.6 is 0 Å². The molecule has 4 N–H and O–H groups in total. The standard InChI is InChI=1S/4C6H6O.C3H8.2C2H6O.2C2H4O.4C2H6.2CH3.Y/c4*7-6-4-2-1-3-5-6;3*1-3-2;2*1-2-3;4*1-2;;;/h4*1-5,7H;3H2,1-2H3;2*1-2H3;2*2H,1H3;4*1-2H3;2*1H3;/q;;;;;;;;;;;;;2*-1;. The topological polar surface area (TPSA) is 134 Å². The SMILES string of the molecule is CC.CC.CC.CC.CC=O.CC=O.CCC.COC.COC.Oc1ccccc1.Oc1ccccc1.Oc1ccccc1.Oc1ccccc1.[CH3-].[CH3-].[Y]. The molecule has 0 aliphatic carbocycles. The van der Waals surface area contributed by atoms with Crippen molar-refractivity contribution >= 4 is 12.6 Å². The van der Waals surface area contributed by atoms with E-state index in [1.54, 1.807) is 126 Å². The Labute approximate surface area is 359 Å². The first-order valence-electron chi connectivity index (χ1n) is 17.2. The quantitative estimate of drug-likeness (QED) is 0.102. The van der Waals surface area contributed by atoms with E-state index in [2.05, 4.69) is 23.3 Å². The van der Waals surface area contributed by atoms with E-state index in [0.29, 0.717) is 23.0 Å². The Hall–Kier alpha value is -3.56. The number of aromatic hydroxyl groups is 4. The van der Waals surface area contributed by atoms with Crippen molar-refractivity contribution in [1.82, 2.24) is 0 Å². The van der Waals surface area contributed by atoms with Gasteiger partial charge >= 0.3 is 0 Å². The molecule has 0 aliphatic rings. The summed E-state index contributed by atoms with van der Waals surface area (Å²) in [5.74, 6) is 1.29. The van der Waals surface area contributed by atoms with Crippen molar-refractivity contribution < 1.29 is 72.2 Å². The molecule has 0 amide bonds. The second-order valence-corrected chi connectivity index (χ2v) is 7.34. The summed E-state index contributed by atoms with van der Waals surface area (Å²) in [6, 6.07) is 34.9. The number of carbonyl (C=O) groups is 2. The maximum atomic E-state index is 8.81. The Kier molecular flexibility index (Phi) is 160. The average molecular weight is 840 g/mol. The van der Waals surface area contributed by atoms with Crippen molar-refractivity contribution in [3.8, 4) is 23.0 Å². The normalized spacial score (nSPS) is 6.37. The smallest absolute Gasteiger partial charge is 0.116 e. The van der Waals surface area contributed by atoms with E-state index < -0.39 is 0 Å². The third-order valence-corrected chi connectivity index (χ3v) is 3.02. The van der Waals surface area contributed by atoms with Crippen LogP contribution in [0.1, 0.15) is 89.5 Å². The maximum Gasteiger partial charge on any atom is 0.116 e. The number of methoxy groups -OCH3 is 2. The van der Waals surface area contributed by atoms with Gasteiger partial charge in [0, 0.05) is 61.1 Å². The van der Waals surface area contributed by atoms with Gasteiger partial charge in [-0.1, -0.05) is 148 Å². The van der Waals surface area contributed by atoms with E-state index in [1.807, 2.05) is 79.7 Å². The summed E-state index contributed by atoms with van der Waals surface area (Å²) in [6.45, 7) is 23.1. The van der Waals surface area contributed by atoms with E-state index >= 15 is 0 Å². The van der Waals surface area contributed by atoms with Crippen LogP contribution in [0.5, 0.6) is 23.0 Å². The number of hydrogen-bond donors (Lipinski definition) is 4. The Morgan fingerprint density at radius 3 is 0.519 bits per heavy atom. The Morgan fingerprint density at radius 2 is 0.481 bits per heavy atom. The van der Waals surface area contributed by atoms with Crippen molar-refractivity contribution in [3.05, 3.63) is 136 Å². The largest absolute Gasteiger partial charge is 0.508 e. The first kappa shape index (κ1) is 83.4. The van der Waals surface area contributed by atoms with Crippen LogP contribution in [-0.4, -0.2) is 61.4 Å². The number of phenols is 4. The van der Waals surface area contributed by atoms with Gasteiger partial charge in [-0.25, -0.2) is 0 Å². The first-order valence-corrected chi connectivity index (χ1v) is 17.2. The summed E-state index contributed by atoms with van der Waals surface area (Å²) in [5, 5.41) is 34.5. The number of rotatable bonds is 0. The number of para-hydroxylation sites is 4. The molecule has 1 radical (unpaired) electrons. The molecule has 0 spiro atoms. The molecule has 0 atom stereocenters. The van der Waals surface area contributed by atoms with Gasteiger partial charge in [-0.3, -0.25) is 0 Å². The minimum Gasteiger partial charge on any atom is -0.508 e. The molecular formula is C45H82O8Y-2. The van der Waals surface area contributed by atoms with Crippen LogP contribution in [0.25, 0.3) is 0 Å². The Balaban J connectivity index is -0.0000000365. The van der Waals surface area contributed by atoms with Crippen LogP contribution in [0.4, 0.5) is 0 Å². The molecule has 315 valence electrons. The second-order valence-electron chi connectivity index (χ2n) is 7.34. The van der Waals surface area contributed by atoms with E-state index in [0.717, 1.165) is 12.6 Å². The molecule has 0 saturated heterocycles. The van der Waals surface area contributed by atoms with Gasteiger partial charge in [-0.05, 0) is 62.4 Å². The third kappa shape index (κ3) is 135. The van der Waals surface area contributed by atoms with Gasteiger partial charge in [0.25, 0.3) is 0 Å². The molecule has 0 bridgehead atoms. The molecule has 0 aromatic heterocycles. The van der Waals surface area contributed by atoms with Gasteiger partial charge in [0.1, 0.15) is 35.6 Å². The number of ether oxygens (including phenoxy) is 2. The molecule has 8 nitrogen and oxygen atoms in total. The monoisotopic (exact) mass is 840 g/mol. The Bertz CT molecular complexity index is 834. The number of benzene rings is 4. The molecule has 9 heteroatoms. The number of aldehydes is 2. The summed E-state index contributed by atoms with van der Waals surface area (Å²) in [4.78, 5) is 17.6. The average Bonchev–Trinajstić information content (AvgIpc) is 3.16. The molecule has 4 aromatic rings. The van der Waals surface area contributed by atoms with E-state index in [1.165, 1.54) is 20.3 Å². The molecule has 4 rings (SSSR count). The van der Waals surface area contributed by atoms with Gasteiger partial charge in [-0.2, -0.15) is 0 Å². The molecule has 0 heterocycles. The third-order valence-electron chi connectivity index (χ3n) is 3.02. The van der Waals surface area contributed by atoms with Crippen LogP contribution in [0, 0.1) is 14.9 Å². The number of carbonyl (C=O) groups excluding carboxylic acids is 2. The van der Waals surface area contributed by atoms with Gasteiger partial charge in [0.05, 0.1) is 0 Å². The first-order chi connectivity index (χ1) is 24.6. The fraction of sp³-hybridized carbons (Fsp3) is 0.378. The van der Waals surface area contributed by atoms with Gasteiger partial charge in [0.2, 0.25) is 0 Å². The molecule has 0 unspecified atom stereocenters. The summed E-state index contributed by atoms with van der Waals surface area (Å²) >= 11 is 0. The number of hydrogen-bond acceptors (Lipinski definition) is 8. The van der Waals surface area contributed by atoms with Crippen molar-refractivity contribution in [2.24, 2.45) is 0 Å². The van der Waals surface area contributed by atoms with Crippen molar-refractivity contribution in [2.75, 3.05) is 28.4 Å². The molecule has 54 heavy (non-hydrogen) atoms. The zero-order chi connectivity index (χ0) is 42.0.